The molecule has 0 unspecified atom stereocenters. The maximum atomic E-state index is 14.2. The van der Waals surface area contributed by atoms with Gasteiger partial charge in [0, 0.05) is 11.8 Å². The van der Waals surface area contributed by atoms with Gasteiger partial charge in [0.1, 0.15) is 5.75 Å². The molecule has 0 saturated carbocycles. The molecule has 0 spiro atoms. The molecule has 0 atom stereocenters. The number of carbonyl (C=O) groups excluding carboxylic acids is 2. The third-order valence-corrected chi connectivity index (χ3v) is 4.60. The van der Waals surface area contributed by atoms with Crippen molar-refractivity contribution in [3.8, 4) is 11.5 Å². The molecular weight excluding hydrogens is 401 g/mol. The fourth-order valence-electron chi connectivity index (χ4n) is 2.82. The number of nitrogens with one attached hydrogen (secondary N) is 1. The molecule has 0 fully saturated rings. The lowest BCUT2D eigenvalue weighted by atomic mass is 10.0. The molecule has 0 radical (unpaired) electrons. The number of carbonyl (C=O) groups is 2. The van der Waals surface area contributed by atoms with Crippen LogP contribution in [0.1, 0.15) is 54.1 Å². The zero-order valence-corrected chi connectivity index (χ0v) is 17.4. The first-order valence-electron chi connectivity index (χ1n) is 9.99. The number of hydrogen-bond donors (Lipinski definition) is 2. The van der Waals surface area contributed by atoms with E-state index in [4.69, 9.17) is 14.9 Å². The van der Waals surface area contributed by atoms with Gasteiger partial charge in [-0.25, -0.2) is 14.0 Å². The van der Waals surface area contributed by atoms with Crippen LogP contribution in [0.3, 0.4) is 0 Å². The Labute approximate surface area is 180 Å². The lowest BCUT2D eigenvalue weighted by Crippen LogP contribution is -2.10. The van der Waals surface area contributed by atoms with E-state index in [0.717, 1.165) is 43.7 Å². The summed E-state index contributed by atoms with van der Waals surface area (Å²) in [4.78, 5) is 23.5. The number of unbranched alkanes of at least 4 members (excludes halogenated alkanes) is 3. The molecule has 0 aliphatic heterocycles. The highest BCUT2D eigenvalue weighted by atomic mass is 19.1. The number of esters is 2. The Balaban J connectivity index is 1.78. The largest absolute Gasteiger partial charge is 0.507 e. The van der Waals surface area contributed by atoms with Gasteiger partial charge >= 0.3 is 11.9 Å². The normalized spacial score (nSPS) is 10.4. The van der Waals surface area contributed by atoms with Crippen molar-refractivity contribution in [3.05, 3.63) is 71.1 Å². The molecule has 0 heterocycles. The van der Waals surface area contributed by atoms with Gasteiger partial charge in [0.15, 0.2) is 11.6 Å². The van der Waals surface area contributed by atoms with E-state index in [-0.39, 0.29) is 22.8 Å². The Bertz CT molecular complexity index is 953. The summed E-state index contributed by atoms with van der Waals surface area (Å²) < 4.78 is 24.3. The summed E-state index contributed by atoms with van der Waals surface area (Å²) in [5.41, 5.74) is 1.39. The van der Waals surface area contributed by atoms with Crippen LogP contribution in [0.2, 0.25) is 0 Å². The summed E-state index contributed by atoms with van der Waals surface area (Å²) in [5.74, 6) is -2.79. The highest BCUT2D eigenvalue weighted by Crippen LogP contribution is 2.27. The van der Waals surface area contributed by atoms with Crippen LogP contribution in [0.5, 0.6) is 11.5 Å². The first-order chi connectivity index (χ1) is 14.8. The fraction of sp³-hybridized carbons (Fsp3) is 0.292. The molecule has 164 valence electrons. The van der Waals surface area contributed by atoms with Gasteiger partial charge in [-0.3, -0.25) is 0 Å². The Morgan fingerprint density at radius 3 is 2.42 bits per heavy atom. The Morgan fingerprint density at radius 1 is 1.10 bits per heavy atom. The number of halogens is 1. The highest BCUT2D eigenvalue weighted by molar-refractivity contribution is 5.91. The van der Waals surface area contributed by atoms with Gasteiger partial charge in [0.25, 0.3) is 0 Å². The Morgan fingerprint density at radius 2 is 1.77 bits per heavy atom. The van der Waals surface area contributed by atoms with Gasteiger partial charge in [-0.05, 0) is 56.0 Å². The minimum atomic E-state index is -0.964. The SMILES string of the molecule is C=C(C)C(=O)OCCCCCCc1ccc(C(=O)Oc2ccc(O)c(C=N)c2F)cc1. The summed E-state index contributed by atoms with van der Waals surface area (Å²) in [5, 5.41) is 16.7. The monoisotopic (exact) mass is 427 g/mol. The smallest absolute Gasteiger partial charge is 0.343 e. The number of aryl methyl sites for hydroxylation is 1. The van der Waals surface area contributed by atoms with E-state index < -0.39 is 17.5 Å². The zero-order valence-electron chi connectivity index (χ0n) is 17.4. The number of hydrogen-bond acceptors (Lipinski definition) is 6. The van der Waals surface area contributed by atoms with Gasteiger partial charge in [-0.1, -0.05) is 31.6 Å². The van der Waals surface area contributed by atoms with E-state index in [1.165, 1.54) is 6.07 Å². The third kappa shape index (κ3) is 7.06. The van der Waals surface area contributed by atoms with Crippen molar-refractivity contribution >= 4 is 18.2 Å². The Hall–Kier alpha value is -3.48. The van der Waals surface area contributed by atoms with Gasteiger partial charge in [0.2, 0.25) is 0 Å². The fourth-order valence-corrected chi connectivity index (χ4v) is 2.82. The number of benzene rings is 2. The van der Waals surface area contributed by atoms with E-state index in [1.54, 1.807) is 19.1 Å². The average molecular weight is 427 g/mol. The van der Waals surface area contributed by atoms with Crippen LogP contribution in [0.15, 0.2) is 48.6 Å². The molecule has 6 nitrogen and oxygen atoms in total. The summed E-state index contributed by atoms with van der Waals surface area (Å²) in [6, 6.07) is 9.18. The minimum Gasteiger partial charge on any atom is -0.507 e. The summed E-state index contributed by atoms with van der Waals surface area (Å²) in [6.07, 6.45) is 5.20. The molecular formula is C24H26FNO5. The minimum absolute atomic E-state index is 0.270. The second-order valence-corrected chi connectivity index (χ2v) is 7.12. The third-order valence-electron chi connectivity index (χ3n) is 4.60. The molecule has 0 aliphatic rings. The van der Waals surface area contributed by atoms with E-state index in [1.807, 2.05) is 12.1 Å². The standard InChI is InChI=1S/C24H26FNO5/c1-16(2)23(28)30-14-6-4-3-5-7-17-8-10-18(11-9-17)24(29)31-21-13-12-20(27)19(15-26)22(21)25/h8-13,15,26-27H,1,3-7,14H2,2H3. The number of phenolic OH excluding ortho intramolecular Hbond substituents is 1. The lowest BCUT2D eigenvalue weighted by molar-refractivity contribution is -0.139. The van der Waals surface area contributed by atoms with Crippen molar-refractivity contribution in [1.82, 2.24) is 0 Å². The molecule has 2 rings (SSSR count). The molecule has 0 saturated heterocycles. The molecule has 2 aromatic carbocycles. The second-order valence-electron chi connectivity index (χ2n) is 7.12. The topological polar surface area (TPSA) is 96.7 Å². The van der Waals surface area contributed by atoms with Crippen LogP contribution in [-0.4, -0.2) is 29.9 Å². The summed E-state index contributed by atoms with van der Waals surface area (Å²) in [7, 11) is 0. The van der Waals surface area contributed by atoms with E-state index >= 15 is 0 Å². The van der Waals surface area contributed by atoms with Gasteiger partial charge in [-0.2, -0.15) is 0 Å². The number of rotatable bonds is 11. The average Bonchev–Trinajstić information content (AvgIpc) is 2.75. The van der Waals surface area contributed by atoms with E-state index in [9.17, 15) is 19.1 Å². The van der Waals surface area contributed by atoms with Crippen LogP contribution in [0, 0.1) is 11.2 Å². The highest BCUT2D eigenvalue weighted by Gasteiger charge is 2.16. The maximum Gasteiger partial charge on any atom is 0.343 e. The molecule has 0 aliphatic carbocycles. The first-order valence-corrected chi connectivity index (χ1v) is 9.99. The maximum absolute atomic E-state index is 14.2. The van der Waals surface area contributed by atoms with Crippen LogP contribution < -0.4 is 4.74 Å². The number of aromatic hydroxyl groups is 1. The zero-order chi connectivity index (χ0) is 22.8. The quantitative estimate of drug-likeness (QED) is 0.173. The lowest BCUT2D eigenvalue weighted by Gasteiger charge is -2.09. The first kappa shape index (κ1) is 23.8. The summed E-state index contributed by atoms with van der Waals surface area (Å²) >= 11 is 0. The van der Waals surface area contributed by atoms with Crippen molar-refractivity contribution < 1.29 is 28.6 Å². The summed E-state index contributed by atoms with van der Waals surface area (Å²) in [6.45, 7) is 5.54. The number of ether oxygens (including phenoxy) is 2. The van der Waals surface area contributed by atoms with Crippen molar-refractivity contribution in [2.24, 2.45) is 0 Å². The predicted molar refractivity (Wildman–Crippen MR) is 115 cm³/mol. The molecule has 0 amide bonds. The van der Waals surface area contributed by atoms with E-state index in [2.05, 4.69) is 6.58 Å². The van der Waals surface area contributed by atoms with Crippen molar-refractivity contribution in [3.63, 3.8) is 0 Å². The molecule has 2 aromatic rings. The van der Waals surface area contributed by atoms with Crippen LogP contribution >= 0.6 is 0 Å². The number of phenols is 1. The molecule has 2 N–H and O–H groups in total. The predicted octanol–water partition coefficient (Wildman–Crippen LogP) is 4.97. The van der Waals surface area contributed by atoms with Crippen LogP contribution in [0.4, 0.5) is 4.39 Å². The van der Waals surface area contributed by atoms with Crippen LogP contribution in [-0.2, 0) is 16.0 Å². The van der Waals surface area contributed by atoms with Gasteiger partial charge in [0.05, 0.1) is 17.7 Å². The van der Waals surface area contributed by atoms with E-state index in [0.29, 0.717) is 18.4 Å². The van der Waals surface area contributed by atoms with Crippen LogP contribution in [0.25, 0.3) is 0 Å². The molecule has 0 aromatic heterocycles. The molecule has 7 heteroatoms. The molecule has 0 bridgehead atoms. The second kappa shape index (κ2) is 11.6. The van der Waals surface area contributed by atoms with Crippen molar-refractivity contribution in [1.29, 1.82) is 5.41 Å². The van der Waals surface area contributed by atoms with Crippen molar-refractivity contribution in [2.45, 2.75) is 39.0 Å². The van der Waals surface area contributed by atoms with Crippen molar-refractivity contribution in [2.75, 3.05) is 6.61 Å². The molecule has 31 heavy (non-hydrogen) atoms. The Kier molecular flexibility index (Phi) is 8.94. The van der Waals surface area contributed by atoms with Gasteiger partial charge < -0.3 is 20.0 Å². The van der Waals surface area contributed by atoms with Gasteiger partial charge in [-0.15, -0.1) is 0 Å².